The lowest BCUT2D eigenvalue weighted by molar-refractivity contribution is 0.0592. The first-order valence-electron chi connectivity index (χ1n) is 5.71. The smallest absolute Gasteiger partial charge is 0.356 e. The number of benzene rings is 1. The Balaban J connectivity index is 2.83. The van der Waals surface area contributed by atoms with Crippen molar-refractivity contribution in [3.63, 3.8) is 0 Å². The Kier molecular flexibility index (Phi) is 3.66. The largest absolute Gasteiger partial charge is 0.464 e. The van der Waals surface area contributed by atoms with Crippen LogP contribution in [0.1, 0.15) is 35.8 Å². The maximum Gasteiger partial charge on any atom is 0.356 e. The number of hydrogen-bond acceptors (Lipinski definition) is 3. The third-order valence-corrected chi connectivity index (χ3v) is 3.57. The van der Waals surface area contributed by atoms with Gasteiger partial charge in [0.15, 0.2) is 5.69 Å². The quantitative estimate of drug-likeness (QED) is 0.790. The molecule has 0 spiro atoms. The van der Waals surface area contributed by atoms with Crippen LogP contribution >= 0.6 is 15.9 Å². The Morgan fingerprint density at radius 2 is 2.06 bits per heavy atom. The van der Waals surface area contributed by atoms with Crippen LogP contribution in [0.15, 0.2) is 28.9 Å². The molecule has 1 aromatic carbocycles. The summed E-state index contributed by atoms with van der Waals surface area (Å²) >= 11 is 3.50. The molecule has 94 valence electrons. The molecule has 0 radical (unpaired) electrons. The standard InChI is InChI=1S/C14H14BrNO2/c1-8(2)12-9-5-4-6-11(15)10(9)7-16-13(12)14(17)18-3/h4-8H,1-3H3. The van der Waals surface area contributed by atoms with Gasteiger partial charge in [0.2, 0.25) is 0 Å². The number of carbonyl (C=O) groups is 1. The van der Waals surface area contributed by atoms with Gasteiger partial charge in [-0.1, -0.05) is 41.9 Å². The van der Waals surface area contributed by atoms with Gasteiger partial charge >= 0.3 is 5.97 Å². The first kappa shape index (κ1) is 13.0. The van der Waals surface area contributed by atoms with Crippen LogP contribution < -0.4 is 0 Å². The number of carbonyl (C=O) groups excluding carboxylic acids is 1. The van der Waals surface area contributed by atoms with Crippen molar-refractivity contribution >= 4 is 32.7 Å². The summed E-state index contributed by atoms with van der Waals surface area (Å²) < 4.78 is 5.77. The first-order valence-corrected chi connectivity index (χ1v) is 6.51. The summed E-state index contributed by atoms with van der Waals surface area (Å²) in [6.07, 6.45) is 1.71. The van der Waals surface area contributed by atoms with Gasteiger partial charge in [0, 0.05) is 16.1 Å². The molecular weight excluding hydrogens is 294 g/mol. The van der Waals surface area contributed by atoms with Gasteiger partial charge in [0.25, 0.3) is 0 Å². The van der Waals surface area contributed by atoms with E-state index in [0.29, 0.717) is 5.69 Å². The van der Waals surface area contributed by atoms with E-state index in [4.69, 9.17) is 4.74 Å². The number of esters is 1. The van der Waals surface area contributed by atoms with Crippen molar-refractivity contribution in [1.82, 2.24) is 4.98 Å². The number of methoxy groups -OCH3 is 1. The fourth-order valence-electron chi connectivity index (χ4n) is 2.07. The van der Waals surface area contributed by atoms with Gasteiger partial charge in [0.05, 0.1) is 7.11 Å². The lowest BCUT2D eigenvalue weighted by atomic mass is 9.95. The van der Waals surface area contributed by atoms with E-state index in [1.54, 1.807) is 6.20 Å². The lowest BCUT2D eigenvalue weighted by Crippen LogP contribution is -2.10. The maximum absolute atomic E-state index is 11.8. The number of ether oxygens (including phenoxy) is 1. The second-order valence-electron chi connectivity index (χ2n) is 4.37. The number of aromatic nitrogens is 1. The second kappa shape index (κ2) is 5.06. The molecule has 2 aromatic rings. The summed E-state index contributed by atoms with van der Waals surface area (Å²) in [7, 11) is 1.37. The van der Waals surface area contributed by atoms with Crippen LogP contribution in [0.4, 0.5) is 0 Å². The minimum absolute atomic E-state index is 0.199. The van der Waals surface area contributed by atoms with E-state index in [-0.39, 0.29) is 11.9 Å². The van der Waals surface area contributed by atoms with E-state index in [1.165, 1.54) is 7.11 Å². The van der Waals surface area contributed by atoms with Crippen LogP contribution in [0, 0.1) is 0 Å². The number of nitrogens with zero attached hydrogens (tertiary/aromatic N) is 1. The van der Waals surface area contributed by atoms with Gasteiger partial charge in [0.1, 0.15) is 0 Å². The molecule has 0 aliphatic rings. The van der Waals surface area contributed by atoms with E-state index >= 15 is 0 Å². The monoisotopic (exact) mass is 307 g/mol. The molecule has 0 saturated carbocycles. The molecule has 3 nitrogen and oxygen atoms in total. The van der Waals surface area contributed by atoms with Crippen molar-refractivity contribution in [2.24, 2.45) is 0 Å². The topological polar surface area (TPSA) is 39.2 Å². The normalized spacial score (nSPS) is 10.9. The van der Waals surface area contributed by atoms with E-state index in [9.17, 15) is 4.79 Å². The molecule has 0 unspecified atom stereocenters. The van der Waals surface area contributed by atoms with Gasteiger partial charge in [-0.2, -0.15) is 0 Å². The van der Waals surface area contributed by atoms with Gasteiger partial charge in [-0.3, -0.25) is 0 Å². The van der Waals surface area contributed by atoms with Crippen molar-refractivity contribution in [3.8, 4) is 0 Å². The van der Waals surface area contributed by atoms with Crippen LogP contribution in [0.3, 0.4) is 0 Å². The van der Waals surface area contributed by atoms with E-state index < -0.39 is 0 Å². The zero-order valence-electron chi connectivity index (χ0n) is 10.5. The van der Waals surface area contributed by atoms with E-state index in [0.717, 1.165) is 20.8 Å². The molecule has 0 bridgehead atoms. The second-order valence-corrected chi connectivity index (χ2v) is 5.22. The number of rotatable bonds is 2. The van der Waals surface area contributed by atoms with Crippen LogP contribution in [0.2, 0.25) is 0 Å². The highest BCUT2D eigenvalue weighted by atomic mass is 79.9. The van der Waals surface area contributed by atoms with Crippen molar-refractivity contribution < 1.29 is 9.53 Å². The number of hydrogen-bond donors (Lipinski definition) is 0. The molecule has 4 heteroatoms. The fraction of sp³-hybridized carbons (Fsp3) is 0.286. The third-order valence-electron chi connectivity index (χ3n) is 2.88. The lowest BCUT2D eigenvalue weighted by Gasteiger charge is -2.14. The molecule has 0 fully saturated rings. The number of pyridine rings is 1. The molecule has 0 N–H and O–H groups in total. The summed E-state index contributed by atoms with van der Waals surface area (Å²) in [5, 5.41) is 2.05. The SMILES string of the molecule is COC(=O)c1ncc2c(Br)cccc2c1C(C)C. The van der Waals surface area contributed by atoms with E-state index in [1.807, 2.05) is 32.0 Å². The van der Waals surface area contributed by atoms with Crippen molar-refractivity contribution in [2.75, 3.05) is 7.11 Å². The summed E-state index contributed by atoms with van der Waals surface area (Å²) in [5.74, 6) is -0.190. The van der Waals surface area contributed by atoms with Crippen LogP contribution in [-0.2, 0) is 4.74 Å². The van der Waals surface area contributed by atoms with E-state index in [2.05, 4.69) is 20.9 Å². The Labute approximate surface area is 114 Å². The molecule has 0 saturated heterocycles. The Hall–Kier alpha value is -1.42. The van der Waals surface area contributed by atoms with Gasteiger partial charge in [-0.05, 0) is 22.9 Å². The number of fused-ring (bicyclic) bond motifs is 1. The van der Waals surface area contributed by atoms with Crippen LogP contribution in [0.5, 0.6) is 0 Å². The predicted molar refractivity (Wildman–Crippen MR) is 74.9 cm³/mol. The minimum Gasteiger partial charge on any atom is -0.464 e. The zero-order valence-corrected chi connectivity index (χ0v) is 12.1. The Morgan fingerprint density at radius 3 is 2.67 bits per heavy atom. The average molecular weight is 308 g/mol. The molecule has 0 atom stereocenters. The molecule has 0 amide bonds. The molecular formula is C14H14BrNO2. The molecule has 2 rings (SSSR count). The minimum atomic E-state index is -0.388. The molecule has 0 aliphatic heterocycles. The molecule has 1 aromatic heterocycles. The Morgan fingerprint density at radius 1 is 1.33 bits per heavy atom. The highest BCUT2D eigenvalue weighted by Gasteiger charge is 2.19. The van der Waals surface area contributed by atoms with Crippen LogP contribution in [-0.4, -0.2) is 18.1 Å². The van der Waals surface area contributed by atoms with Crippen molar-refractivity contribution in [1.29, 1.82) is 0 Å². The third kappa shape index (κ3) is 2.12. The summed E-state index contributed by atoms with van der Waals surface area (Å²) in [6.45, 7) is 4.09. The Bertz CT molecular complexity index is 608. The summed E-state index contributed by atoms with van der Waals surface area (Å²) in [4.78, 5) is 16.0. The predicted octanol–water partition coefficient (Wildman–Crippen LogP) is 3.91. The van der Waals surface area contributed by atoms with Crippen molar-refractivity contribution in [3.05, 3.63) is 40.1 Å². The maximum atomic E-state index is 11.8. The molecule has 1 heterocycles. The van der Waals surface area contributed by atoms with Gasteiger partial charge in [-0.15, -0.1) is 0 Å². The summed E-state index contributed by atoms with van der Waals surface area (Å²) in [5.41, 5.74) is 1.33. The fourth-order valence-corrected chi connectivity index (χ4v) is 2.54. The highest BCUT2D eigenvalue weighted by molar-refractivity contribution is 9.10. The zero-order chi connectivity index (χ0) is 13.3. The highest BCUT2D eigenvalue weighted by Crippen LogP contribution is 2.31. The average Bonchev–Trinajstić information content (AvgIpc) is 2.36. The van der Waals surface area contributed by atoms with Crippen molar-refractivity contribution in [2.45, 2.75) is 19.8 Å². The number of halogens is 1. The van der Waals surface area contributed by atoms with Gasteiger partial charge < -0.3 is 4.74 Å². The first-order chi connectivity index (χ1) is 8.56. The summed E-state index contributed by atoms with van der Waals surface area (Å²) in [6, 6.07) is 5.93. The van der Waals surface area contributed by atoms with Gasteiger partial charge in [-0.25, -0.2) is 9.78 Å². The molecule has 0 aliphatic carbocycles. The molecule has 18 heavy (non-hydrogen) atoms. The van der Waals surface area contributed by atoms with Crippen LogP contribution in [0.25, 0.3) is 10.8 Å².